The molecule has 0 aromatic rings. The van der Waals surface area contributed by atoms with Gasteiger partial charge in [0.15, 0.2) is 6.29 Å². The van der Waals surface area contributed by atoms with Crippen molar-refractivity contribution in [2.45, 2.75) is 26.2 Å². The Morgan fingerprint density at radius 1 is 1.29 bits per heavy atom. The second-order valence-corrected chi connectivity index (χ2v) is 4.19. The topological polar surface area (TPSA) is 49.9 Å². The SMILES string of the molecule is CCCCOC(=O)N1CCN(CC[C]=O)CC1. The van der Waals surface area contributed by atoms with Crippen LogP contribution in [0.3, 0.4) is 0 Å². The van der Waals surface area contributed by atoms with Crippen LogP contribution in [0.5, 0.6) is 0 Å². The number of carbonyl (C=O) groups is 1. The molecule has 0 saturated carbocycles. The van der Waals surface area contributed by atoms with Crippen LogP contribution in [0, 0.1) is 0 Å². The van der Waals surface area contributed by atoms with E-state index in [0.29, 0.717) is 26.1 Å². The Morgan fingerprint density at radius 3 is 2.59 bits per heavy atom. The van der Waals surface area contributed by atoms with Gasteiger partial charge in [0.05, 0.1) is 6.61 Å². The number of hydrogen-bond donors (Lipinski definition) is 0. The van der Waals surface area contributed by atoms with Crippen LogP contribution in [0.25, 0.3) is 0 Å². The van der Waals surface area contributed by atoms with Crippen molar-refractivity contribution in [3.8, 4) is 0 Å². The van der Waals surface area contributed by atoms with E-state index >= 15 is 0 Å². The molecule has 1 aliphatic heterocycles. The minimum atomic E-state index is -0.208. The molecule has 0 atom stereocenters. The fourth-order valence-corrected chi connectivity index (χ4v) is 1.75. The van der Waals surface area contributed by atoms with E-state index in [1.807, 2.05) is 6.29 Å². The van der Waals surface area contributed by atoms with Gasteiger partial charge in [-0.25, -0.2) is 4.79 Å². The second kappa shape index (κ2) is 8.06. The molecule has 5 nitrogen and oxygen atoms in total. The van der Waals surface area contributed by atoms with E-state index in [4.69, 9.17) is 4.74 Å². The van der Waals surface area contributed by atoms with Crippen LogP contribution in [0.2, 0.25) is 0 Å². The first-order chi connectivity index (χ1) is 8.27. The number of hydrogen-bond acceptors (Lipinski definition) is 4. The smallest absolute Gasteiger partial charge is 0.409 e. The second-order valence-electron chi connectivity index (χ2n) is 4.19. The van der Waals surface area contributed by atoms with Crippen LogP contribution < -0.4 is 0 Å². The molecule has 1 heterocycles. The van der Waals surface area contributed by atoms with E-state index in [9.17, 15) is 9.59 Å². The molecule has 1 radical (unpaired) electrons. The molecule has 1 amide bonds. The quantitative estimate of drug-likeness (QED) is 0.652. The summed E-state index contributed by atoms with van der Waals surface area (Å²) in [7, 11) is 0. The highest BCUT2D eigenvalue weighted by atomic mass is 16.6. The summed E-state index contributed by atoms with van der Waals surface area (Å²) in [5, 5.41) is 0. The number of rotatable bonds is 6. The lowest BCUT2D eigenvalue weighted by Gasteiger charge is -2.33. The zero-order valence-electron chi connectivity index (χ0n) is 10.5. The number of amides is 1. The van der Waals surface area contributed by atoms with E-state index in [2.05, 4.69) is 11.8 Å². The van der Waals surface area contributed by atoms with E-state index in [1.54, 1.807) is 4.90 Å². The molecule has 0 spiro atoms. The molecule has 5 heteroatoms. The molecular formula is C12H21N2O3. The molecule has 0 aromatic heterocycles. The highest BCUT2D eigenvalue weighted by Gasteiger charge is 2.21. The van der Waals surface area contributed by atoms with E-state index in [-0.39, 0.29) is 6.09 Å². The van der Waals surface area contributed by atoms with Gasteiger partial charge < -0.3 is 9.64 Å². The summed E-state index contributed by atoms with van der Waals surface area (Å²) in [6.45, 7) is 6.30. The van der Waals surface area contributed by atoms with Crippen molar-refractivity contribution in [3.63, 3.8) is 0 Å². The Labute approximate surface area is 103 Å². The third-order valence-electron chi connectivity index (χ3n) is 2.88. The minimum Gasteiger partial charge on any atom is -0.449 e. The van der Waals surface area contributed by atoms with Gasteiger partial charge in [0, 0.05) is 39.1 Å². The molecule has 0 aliphatic carbocycles. The fraction of sp³-hybridized carbons (Fsp3) is 0.833. The van der Waals surface area contributed by atoms with Crippen LogP contribution in [0.15, 0.2) is 0 Å². The number of piperazine rings is 1. The molecule has 1 saturated heterocycles. The Morgan fingerprint density at radius 2 is 2.00 bits per heavy atom. The number of unbranched alkanes of at least 4 members (excludes halogenated alkanes) is 1. The zero-order valence-corrected chi connectivity index (χ0v) is 10.5. The standard InChI is InChI=1S/C12H21N2O3/c1-2-3-11-17-12(16)14-8-6-13(7-9-14)5-4-10-15/h2-9,11H2,1H3. The van der Waals surface area contributed by atoms with Gasteiger partial charge in [-0.1, -0.05) is 13.3 Å². The van der Waals surface area contributed by atoms with Crippen molar-refractivity contribution < 1.29 is 14.3 Å². The number of nitrogens with zero attached hydrogens (tertiary/aromatic N) is 2. The van der Waals surface area contributed by atoms with Gasteiger partial charge in [-0.3, -0.25) is 9.69 Å². The lowest BCUT2D eigenvalue weighted by Crippen LogP contribution is -2.49. The van der Waals surface area contributed by atoms with Gasteiger partial charge >= 0.3 is 6.09 Å². The molecular weight excluding hydrogens is 220 g/mol. The first-order valence-electron chi connectivity index (χ1n) is 6.27. The maximum Gasteiger partial charge on any atom is 0.409 e. The number of ether oxygens (including phenoxy) is 1. The van der Waals surface area contributed by atoms with Crippen molar-refractivity contribution in [1.29, 1.82) is 0 Å². The molecule has 1 fully saturated rings. The van der Waals surface area contributed by atoms with Crippen LogP contribution >= 0.6 is 0 Å². The van der Waals surface area contributed by atoms with Crippen LogP contribution in [0.1, 0.15) is 26.2 Å². The molecule has 0 bridgehead atoms. The summed E-state index contributed by atoms with van der Waals surface area (Å²) in [5.74, 6) is 0. The van der Waals surface area contributed by atoms with Crippen LogP contribution in [-0.4, -0.2) is 61.5 Å². The first-order valence-corrected chi connectivity index (χ1v) is 6.27. The first kappa shape index (κ1) is 14.0. The minimum absolute atomic E-state index is 0.208. The van der Waals surface area contributed by atoms with E-state index < -0.39 is 0 Å². The lowest BCUT2D eigenvalue weighted by molar-refractivity contribution is 0.0761. The van der Waals surface area contributed by atoms with E-state index in [0.717, 1.165) is 32.5 Å². The van der Waals surface area contributed by atoms with Gasteiger partial charge in [-0.15, -0.1) is 0 Å². The van der Waals surface area contributed by atoms with Gasteiger partial charge in [-0.05, 0) is 6.42 Å². The Hall–Kier alpha value is -1.10. The summed E-state index contributed by atoms with van der Waals surface area (Å²) in [5.41, 5.74) is 0. The summed E-state index contributed by atoms with van der Waals surface area (Å²) < 4.78 is 5.14. The summed E-state index contributed by atoms with van der Waals surface area (Å²) in [6, 6.07) is 0. The molecule has 0 N–H and O–H groups in total. The van der Waals surface area contributed by atoms with Crippen molar-refractivity contribution in [2.24, 2.45) is 0 Å². The third-order valence-corrected chi connectivity index (χ3v) is 2.88. The third kappa shape index (κ3) is 5.17. The predicted molar refractivity (Wildman–Crippen MR) is 64.6 cm³/mol. The lowest BCUT2D eigenvalue weighted by atomic mass is 10.3. The van der Waals surface area contributed by atoms with Gasteiger partial charge in [0.1, 0.15) is 0 Å². The Bertz CT molecular complexity index is 238. The largest absolute Gasteiger partial charge is 0.449 e. The molecule has 97 valence electrons. The molecule has 0 unspecified atom stereocenters. The van der Waals surface area contributed by atoms with Crippen molar-refractivity contribution >= 4 is 12.4 Å². The zero-order chi connectivity index (χ0) is 12.5. The van der Waals surface area contributed by atoms with Crippen LogP contribution in [0.4, 0.5) is 4.79 Å². The van der Waals surface area contributed by atoms with Crippen LogP contribution in [-0.2, 0) is 9.53 Å². The van der Waals surface area contributed by atoms with Gasteiger partial charge in [-0.2, -0.15) is 0 Å². The molecule has 1 aliphatic rings. The summed E-state index contributed by atoms with van der Waals surface area (Å²) in [4.78, 5) is 25.6. The molecule has 1 rings (SSSR count). The average molecular weight is 241 g/mol. The van der Waals surface area contributed by atoms with Gasteiger partial charge in [0.2, 0.25) is 0 Å². The highest BCUT2D eigenvalue weighted by Crippen LogP contribution is 2.04. The Balaban J connectivity index is 2.17. The maximum absolute atomic E-state index is 11.6. The van der Waals surface area contributed by atoms with Gasteiger partial charge in [0.25, 0.3) is 0 Å². The monoisotopic (exact) mass is 241 g/mol. The predicted octanol–water partition coefficient (Wildman–Crippen LogP) is 1.04. The molecule has 17 heavy (non-hydrogen) atoms. The van der Waals surface area contributed by atoms with Crippen molar-refractivity contribution in [2.75, 3.05) is 39.3 Å². The number of carbonyl (C=O) groups excluding carboxylic acids is 2. The fourth-order valence-electron chi connectivity index (χ4n) is 1.75. The van der Waals surface area contributed by atoms with Crippen molar-refractivity contribution in [3.05, 3.63) is 0 Å². The Kier molecular flexibility index (Phi) is 6.62. The maximum atomic E-state index is 11.6. The van der Waals surface area contributed by atoms with Crippen molar-refractivity contribution in [1.82, 2.24) is 9.80 Å². The summed E-state index contributed by atoms with van der Waals surface area (Å²) in [6.07, 6.45) is 4.07. The molecule has 0 aromatic carbocycles. The summed E-state index contributed by atoms with van der Waals surface area (Å²) >= 11 is 0. The highest BCUT2D eigenvalue weighted by molar-refractivity contribution is 5.67. The van der Waals surface area contributed by atoms with E-state index in [1.165, 1.54) is 0 Å². The average Bonchev–Trinajstić information content (AvgIpc) is 2.37. The normalized spacial score (nSPS) is 16.9.